The number of benzene rings is 1. The van der Waals surface area contributed by atoms with Crippen molar-refractivity contribution in [3.8, 4) is 0 Å². The quantitative estimate of drug-likeness (QED) is 0.667. The van der Waals surface area contributed by atoms with Crippen LogP contribution in [0.5, 0.6) is 0 Å². The lowest BCUT2D eigenvalue weighted by atomic mass is 10.0. The molecule has 0 fully saturated rings. The molecule has 6 heteroatoms. The molecule has 1 N–H and O–H groups in total. The lowest BCUT2D eigenvalue weighted by Crippen LogP contribution is -2.22. The van der Waals surface area contributed by atoms with Crippen LogP contribution in [-0.2, 0) is 0 Å². The predicted molar refractivity (Wildman–Crippen MR) is 84.7 cm³/mol. The molecule has 2 atom stereocenters. The maximum Gasteiger partial charge on any atom is 0.272 e. The van der Waals surface area contributed by atoms with Crippen LogP contribution in [0.3, 0.4) is 0 Å². The summed E-state index contributed by atoms with van der Waals surface area (Å²) in [7, 11) is 0. The smallest absolute Gasteiger partial charge is 0.272 e. The molecule has 112 valence electrons. The average Bonchev–Trinajstić information content (AvgIpc) is 2.85. The number of nitro groups is 1. The molecule has 0 aliphatic rings. The summed E-state index contributed by atoms with van der Waals surface area (Å²) in [6.45, 7) is 7.84. The highest BCUT2D eigenvalue weighted by Crippen LogP contribution is 2.26. The molecule has 5 nitrogen and oxygen atoms in total. The molecule has 0 aliphatic heterocycles. The summed E-state index contributed by atoms with van der Waals surface area (Å²) in [6.07, 6.45) is 1.86. The molecule has 0 saturated carbocycles. The Hall–Kier alpha value is -1.79. The van der Waals surface area contributed by atoms with Crippen LogP contribution in [-0.4, -0.2) is 9.91 Å². The summed E-state index contributed by atoms with van der Waals surface area (Å²) in [4.78, 5) is 16.2. The number of hydrogen-bond acceptors (Lipinski definition) is 5. The van der Waals surface area contributed by atoms with Crippen LogP contribution in [0.1, 0.15) is 46.9 Å². The molecule has 2 rings (SSSR count). The Balaban J connectivity index is 2.15. The Morgan fingerprint density at radius 1 is 1.29 bits per heavy atom. The fourth-order valence-electron chi connectivity index (χ4n) is 2.21. The van der Waals surface area contributed by atoms with Crippen molar-refractivity contribution >= 4 is 17.0 Å². The van der Waals surface area contributed by atoms with Gasteiger partial charge in [0.25, 0.3) is 5.69 Å². The van der Waals surface area contributed by atoms with Crippen LogP contribution in [0.2, 0.25) is 0 Å². The van der Waals surface area contributed by atoms with Gasteiger partial charge in [-0.3, -0.25) is 10.1 Å². The van der Waals surface area contributed by atoms with Crippen molar-refractivity contribution in [3.05, 3.63) is 55.5 Å². The Morgan fingerprint density at radius 3 is 2.57 bits per heavy atom. The third-order valence-electron chi connectivity index (χ3n) is 3.44. The molecule has 0 saturated heterocycles. The molecule has 0 bridgehead atoms. The molecule has 0 amide bonds. The molecule has 21 heavy (non-hydrogen) atoms. The fraction of sp³-hybridized carbons (Fsp3) is 0.400. The Morgan fingerprint density at radius 2 is 2.00 bits per heavy atom. The van der Waals surface area contributed by atoms with Gasteiger partial charge < -0.3 is 5.32 Å². The minimum atomic E-state index is -0.334. The minimum Gasteiger partial charge on any atom is -0.302 e. The Bertz CT molecular complexity index is 654. The number of nitrogens with one attached hydrogen (secondary N) is 1. The van der Waals surface area contributed by atoms with E-state index in [1.165, 1.54) is 4.88 Å². The van der Waals surface area contributed by atoms with Crippen LogP contribution >= 0.6 is 11.3 Å². The standard InChI is InChI=1S/C15H19N3O2S/c1-9-5-6-13(7-14(9)18(19)20)11(3)17-12(4)15-16-8-10(2)21-15/h5-8,11-12,17H,1-4H3. The van der Waals surface area contributed by atoms with E-state index in [9.17, 15) is 10.1 Å². The van der Waals surface area contributed by atoms with Crippen LogP contribution in [0.4, 0.5) is 5.69 Å². The van der Waals surface area contributed by atoms with Gasteiger partial charge in [-0.2, -0.15) is 0 Å². The number of aryl methyl sites for hydroxylation is 2. The van der Waals surface area contributed by atoms with Gasteiger partial charge in [0.1, 0.15) is 5.01 Å². The maximum atomic E-state index is 11.0. The first kappa shape index (κ1) is 15.6. The average molecular weight is 305 g/mol. The lowest BCUT2D eigenvalue weighted by molar-refractivity contribution is -0.385. The topological polar surface area (TPSA) is 68.1 Å². The zero-order valence-corrected chi connectivity index (χ0v) is 13.4. The first-order valence-electron chi connectivity index (χ1n) is 6.81. The fourth-order valence-corrected chi connectivity index (χ4v) is 2.99. The van der Waals surface area contributed by atoms with Crippen LogP contribution in [0.25, 0.3) is 0 Å². The molecular weight excluding hydrogens is 286 g/mol. The van der Waals surface area contributed by atoms with Crippen LogP contribution in [0, 0.1) is 24.0 Å². The molecule has 0 spiro atoms. The van der Waals surface area contributed by atoms with Crippen molar-refractivity contribution in [1.82, 2.24) is 10.3 Å². The van der Waals surface area contributed by atoms with Crippen molar-refractivity contribution in [2.24, 2.45) is 0 Å². The second kappa shape index (κ2) is 6.32. The highest BCUT2D eigenvalue weighted by Gasteiger charge is 2.17. The maximum absolute atomic E-state index is 11.0. The van der Waals surface area contributed by atoms with E-state index >= 15 is 0 Å². The van der Waals surface area contributed by atoms with Gasteiger partial charge in [-0.1, -0.05) is 12.1 Å². The van der Waals surface area contributed by atoms with Gasteiger partial charge in [-0.25, -0.2) is 4.98 Å². The molecule has 2 aromatic rings. The first-order valence-corrected chi connectivity index (χ1v) is 7.63. The molecule has 1 heterocycles. The van der Waals surface area contributed by atoms with E-state index in [1.807, 2.05) is 26.1 Å². The van der Waals surface area contributed by atoms with Crippen molar-refractivity contribution in [1.29, 1.82) is 0 Å². The Labute approximate surface area is 128 Å². The van der Waals surface area contributed by atoms with Gasteiger partial charge in [0.2, 0.25) is 0 Å². The third kappa shape index (κ3) is 3.65. The van der Waals surface area contributed by atoms with Crippen molar-refractivity contribution in [3.63, 3.8) is 0 Å². The summed E-state index contributed by atoms with van der Waals surface area (Å²) in [5, 5.41) is 15.5. The normalized spacial score (nSPS) is 13.9. The molecular formula is C15H19N3O2S. The number of rotatable bonds is 5. The minimum absolute atomic E-state index is 0.0171. The van der Waals surface area contributed by atoms with E-state index < -0.39 is 0 Å². The van der Waals surface area contributed by atoms with Gasteiger partial charge in [0, 0.05) is 28.7 Å². The summed E-state index contributed by atoms with van der Waals surface area (Å²) in [5.41, 5.74) is 1.76. The first-order chi connectivity index (χ1) is 9.88. The van der Waals surface area contributed by atoms with E-state index in [4.69, 9.17) is 0 Å². The van der Waals surface area contributed by atoms with Crippen molar-refractivity contribution < 1.29 is 4.92 Å². The summed E-state index contributed by atoms with van der Waals surface area (Å²) < 4.78 is 0. The summed E-state index contributed by atoms with van der Waals surface area (Å²) in [6, 6.07) is 5.50. The van der Waals surface area contributed by atoms with Crippen molar-refractivity contribution in [2.45, 2.75) is 39.8 Å². The second-order valence-electron chi connectivity index (χ2n) is 5.22. The second-order valence-corrected chi connectivity index (χ2v) is 6.49. The molecule has 2 unspecified atom stereocenters. The summed E-state index contributed by atoms with van der Waals surface area (Å²) in [5.74, 6) is 0. The monoisotopic (exact) mass is 305 g/mol. The largest absolute Gasteiger partial charge is 0.302 e. The lowest BCUT2D eigenvalue weighted by Gasteiger charge is -2.19. The molecule has 0 radical (unpaired) electrons. The molecule has 0 aliphatic carbocycles. The van der Waals surface area contributed by atoms with E-state index in [2.05, 4.69) is 17.2 Å². The van der Waals surface area contributed by atoms with Gasteiger partial charge in [-0.05, 0) is 33.3 Å². The van der Waals surface area contributed by atoms with E-state index in [-0.39, 0.29) is 22.7 Å². The molecule has 1 aromatic carbocycles. The number of hydrogen-bond donors (Lipinski definition) is 1. The summed E-state index contributed by atoms with van der Waals surface area (Å²) >= 11 is 1.66. The highest BCUT2D eigenvalue weighted by molar-refractivity contribution is 7.11. The zero-order chi connectivity index (χ0) is 15.6. The SMILES string of the molecule is Cc1cnc(C(C)NC(C)c2ccc(C)c([N+](=O)[O-])c2)s1. The van der Waals surface area contributed by atoms with E-state index in [1.54, 1.807) is 30.4 Å². The predicted octanol–water partition coefficient (Wildman–Crippen LogP) is 4.08. The number of nitrogens with zero attached hydrogens (tertiary/aromatic N) is 2. The van der Waals surface area contributed by atoms with Gasteiger partial charge in [0.15, 0.2) is 0 Å². The third-order valence-corrected chi connectivity index (χ3v) is 4.53. The number of nitro benzene ring substituents is 1. The highest BCUT2D eigenvalue weighted by atomic mass is 32.1. The van der Waals surface area contributed by atoms with E-state index in [0.717, 1.165) is 10.6 Å². The Kier molecular flexibility index (Phi) is 4.69. The van der Waals surface area contributed by atoms with E-state index in [0.29, 0.717) is 5.56 Å². The van der Waals surface area contributed by atoms with Gasteiger partial charge in [-0.15, -0.1) is 11.3 Å². The van der Waals surface area contributed by atoms with Crippen LogP contribution in [0.15, 0.2) is 24.4 Å². The van der Waals surface area contributed by atoms with Gasteiger partial charge >= 0.3 is 0 Å². The zero-order valence-electron chi connectivity index (χ0n) is 12.6. The number of thiazole rings is 1. The molecule has 1 aromatic heterocycles. The van der Waals surface area contributed by atoms with Crippen molar-refractivity contribution in [2.75, 3.05) is 0 Å². The van der Waals surface area contributed by atoms with Gasteiger partial charge in [0.05, 0.1) is 11.0 Å². The number of aromatic nitrogens is 1. The van der Waals surface area contributed by atoms with Crippen LogP contribution < -0.4 is 5.32 Å².